The SMILES string of the molecule is CCN(C(=O)CNC1CCOC1C)C1CC1. The molecule has 1 N–H and O–H groups in total. The van der Waals surface area contributed by atoms with Crippen molar-refractivity contribution in [1.29, 1.82) is 0 Å². The molecule has 0 aromatic rings. The topological polar surface area (TPSA) is 41.6 Å². The van der Waals surface area contributed by atoms with Gasteiger partial charge < -0.3 is 15.0 Å². The monoisotopic (exact) mass is 226 g/mol. The van der Waals surface area contributed by atoms with Crippen LogP contribution in [0.5, 0.6) is 0 Å². The van der Waals surface area contributed by atoms with Gasteiger partial charge in [0.15, 0.2) is 0 Å². The smallest absolute Gasteiger partial charge is 0.236 e. The molecule has 1 amide bonds. The summed E-state index contributed by atoms with van der Waals surface area (Å²) in [7, 11) is 0. The van der Waals surface area contributed by atoms with E-state index in [1.54, 1.807) is 0 Å². The van der Waals surface area contributed by atoms with Crippen LogP contribution in [0.4, 0.5) is 0 Å². The molecule has 1 saturated carbocycles. The minimum absolute atomic E-state index is 0.240. The lowest BCUT2D eigenvalue weighted by atomic mass is 10.1. The molecular formula is C12H22N2O2. The van der Waals surface area contributed by atoms with E-state index >= 15 is 0 Å². The summed E-state index contributed by atoms with van der Waals surface area (Å²) in [5, 5.41) is 3.31. The highest BCUT2D eigenvalue weighted by Crippen LogP contribution is 2.26. The Bertz CT molecular complexity index is 253. The van der Waals surface area contributed by atoms with Gasteiger partial charge in [0.2, 0.25) is 5.91 Å². The average molecular weight is 226 g/mol. The van der Waals surface area contributed by atoms with Gasteiger partial charge in [0.1, 0.15) is 0 Å². The fourth-order valence-electron chi connectivity index (χ4n) is 2.34. The van der Waals surface area contributed by atoms with Crippen molar-refractivity contribution in [3.63, 3.8) is 0 Å². The number of rotatable bonds is 5. The first-order valence-corrected chi connectivity index (χ1v) is 6.36. The molecule has 2 rings (SSSR count). The predicted octanol–water partition coefficient (Wildman–Crippen LogP) is 0.764. The van der Waals surface area contributed by atoms with Crippen molar-refractivity contribution in [2.75, 3.05) is 19.7 Å². The molecule has 4 nitrogen and oxygen atoms in total. The Labute approximate surface area is 97.3 Å². The van der Waals surface area contributed by atoms with Gasteiger partial charge in [-0.1, -0.05) is 0 Å². The number of amides is 1. The Kier molecular flexibility index (Phi) is 3.82. The second kappa shape index (κ2) is 5.15. The van der Waals surface area contributed by atoms with Crippen molar-refractivity contribution >= 4 is 5.91 Å². The van der Waals surface area contributed by atoms with Crippen LogP contribution < -0.4 is 5.32 Å². The molecule has 0 bridgehead atoms. The third-order valence-corrected chi connectivity index (χ3v) is 3.54. The lowest BCUT2D eigenvalue weighted by Crippen LogP contribution is -2.44. The molecule has 2 unspecified atom stereocenters. The zero-order valence-corrected chi connectivity index (χ0v) is 10.2. The number of nitrogens with zero attached hydrogens (tertiary/aromatic N) is 1. The first kappa shape index (κ1) is 11.9. The Morgan fingerprint density at radius 1 is 1.44 bits per heavy atom. The van der Waals surface area contributed by atoms with Crippen LogP contribution in [0.25, 0.3) is 0 Å². The van der Waals surface area contributed by atoms with Crippen molar-refractivity contribution in [2.24, 2.45) is 0 Å². The van der Waals surface area contributed by atoms with Crippen LogP contribution in [0.15, 0.2) is 0 Å². The van der Waals surface area contributed by atoms with E-state index in [0.29, 0.717) is 18.6 Å². The quantitative estimate of drug-likeness (QED) is 0.752. The van der Waals surface area contributed by atoms with E-state index in [1.165, 1.54) is 12.8 Å². The molecule has 1 aliphatic carbocycles. The van der Waals surface area contributed by atoms with E-state index in [0.717, 1.165) is 19.6 Å². The number of carbonyl (C=O) groups excluding carboxylic acids is 1. The highest BCUT2D eigenvalue weighted by Gasteiger charge is 2.32. The zero-order valence-electron chi connectivity index (χ0n) is 10.2. The maximum absolute atomic E-state index is 11.9. The van der Waals surface area contributed by atoms with Gasteiger partial charge in [0.05, 0.1) is 12.6 Å². The Hall–Kier alpha value is -0.610. The van der Waals surface area contributed by atoms with Gasteiger partial charge in [-0.2, -0.15) is 0 Å². The van der Waals surface area contributed by atoms with Crippen LogP contribution in [0.2, 0.25) is 0 Å². The molecular weight excluding hydrogens is 204 g/mol. The molecule has 16 heavy (non-hydrogen) atoms. The maximum atomic E-state index is 11.9. The van der Waals surface area contributed by atoms with Gasteiger partial charge in [-0.05, 0) is 33.1 Å². The first-order chi connectivity index (χ1) is 7.72. The highest BCUT2D eigenvalue weighted by atomic mass is 16.5. The number of nitrogens with one attached hydrogen (secondary N) is 1. The lowest BCUT2D eigenvalue weighted by molar-refractivity contribution is -0.130. The van der Waals surface area contributed by atoms with Crippen LogP contribution in [0.1, 0.15) is 33.1 Å². The molecule has 0 radical (unpaired) electrons. The third kappa shape index (κ3) is 2.74. The lowest BCUT2D eigenvalue weighted by Gasteiger charge is -2.22. The summed E-state index contributed by atoms with van der Waals surface area (Å²) in [4.78, 5) is 13.9. The van der Waals surface area contributed by atoms with Crippen LogP contribution in [-0.2, 0) is 9.53 Å². The predicted molar refractivity (Wildman–Crippen MR) is 62.2 cm³/mol. The standard InChI is InChI=1S/C12H22N2O2/c1-3-14(10-4-5-10)12(15)8-13-11-6-7-16-9(11)2/h9-11,13H,3-8H2,1-2H3. The van der Waals surface area contributed by atoms with Crippen molar-refractivity contribution in [1.82, 2.24) is 10.2 Å². The van der Waals surface area contributed by atoms with Gasteiger partial charge in [0, 0.05) is 25.2 Å². The van der Waals surface area contributed by atoms with Gasteiger partial charge in [-0.15, -0.1) is 0 Å². The number of hydrogen-bond donors (Lipinski definition) is 1. The Morgan fingerprint density at radius 2 is 2.19 bits per heavy atom. The Morgan fingerprint density at radius 3 is 2.69 bits per heavy atom. The highest BCUT2D eigenvalue weighted by molar-refractivity contribution is 5.78. The molecule has 0 aromatic carbocycles. The van der Waals surface area contributed by atoms with Gasteiger partial charge in [-0.25, -0.2) is 0 Å². The number of likely N-dealkylation sites (N-methyl/N-ethyl adjacent to an activating group) is 1. The second-order valence-electron chi connectivity index (χ2n) is 4.76. The first-order valence-electron chi connectivity index (χ1n) is 6.36. The summed E-state index contributed by atoms with van der Waals surface area (Å²) in [5.41, 5.74) is 0. The van der Waals surface area contributed by atoms with Crippen molar-refractivity contribution < 1.29 is 9.53 Å². The van der Waals surface area contributed by atoms with Gasteiger partial charge >= 0.3 is 0 Å². The maximum Gasteiger partial charge on any atom is 0.236 e. The van der Waals surface area contributed by atoms with Crippen molar-refractivity contribution in [3.8, 4) is 0 Å². The van der Waals surface area contributed by atoms with Gasteiger partial charge in [0.25, 0.3) is 0 Å². The summed E-state index contributed by atoms with van der Waals surface area (Å²) in [6, 6.07) is 0.874. The number of ether oxygens (including phenoxy) is 1. The molecule has 4 heteroatoms. The Balaban J connectivity index is 1.73. The van der Waals surface area contributed by atoms with Gasteiger partial charge in [-0.3, -0.25) is 4.79 Å². The van der Waals surface area contributed by atoms with E-state index in [2.05, 4.69) is 19.2 Å². The van der Waals surface area contributed by atoms with Crippen LogP contribution in [0.3, 0.4) is 0 Å². The van der Waals surface area contributed by atoms with Crippen LogP contribution >= 0.6 is 0 Å². The van der Waals surface area contributed by atoms with Crippen LogP contribution in [0, 0.1) is 0 Å². The van der Waals surface area contributed by atoms with Crippen molar-refractivity contribution in [2.45, 2.75) is 51.3 Å². The molecule has 0 spiro atoms. The molecule has 2 aliphatic rings. The van der Waals surface area contributed by atoms with E-state index in [1.807, 2.05) is 4.90 Å². The molecule has 1 aliphatic heterocycles. The van der Waals surface area contributed by atoms with E-state index < -0.39 is 0 Å². The summed E-state index contributed by atoms with van der Waals surface area (Å²) in [6.07, 6.45) is 3.62. The summed E-state index contributed by atoms with van der Waals surface area (Å²) in [5.74, 6) is 0.240. The molecule has 1 saturated heterocycles. The fourth-order valence-corrected chi connectivity index (χ4v) is 2.34. The summed E-state index contributed by atoms with van der Waals surface area (Å²) >= 11 is 0. The van der Waals surface area contributed by atoms with E-state index in [4.69, 9.17) is 4.74 Å². The number of carbonyl (C=O) groups is 1. The molecule has 2 atom stereocenters. The fraction of sp³-hybridized carbons (Fsp3) is 0.917. The normalized spacial score (nSPS) is 29.4. The second-order valence-corrected chi connectivity index (χ2v) is 4.76. The van der Waals surface area contributed by atoms with E-state index in [-0.39, 0.29) is 12.0 Å². The molecule has 92 valence electrons. The van der Waals surface area contributed by atoms with Crippen molar-refractivity contribution in [3.05, 3.63) is 0 Å². The zero-order chi connectivity index (χ0) is 11.5. The summed E-state index contributed by atoms with van der Waals surface area (Å²) < 4.78 is 5.46. The third-order valence-electron chi connectivity index (χ3n) is 3.54. The molecule has 0 aromatic heterocycles. The average Bonchev–Trinajstić information content (AvgIpc) is 3.01. The number of hydrogen-bond acceptors (Lipinski definition) is 3. The minimum atomic E-state index is 0.240. The summed E-state index contributed by atoms with van der Waals surface area (Å²) in [6.45, 7) is 6.23. The van der Waals surface area contributed by atoms with Crippen LogP contribution in [-0.4, -0.2) is 48.7 Å². The minimum Gasteiger partial charge on any atom is -0.377 e. The van der Waals surface area contributed by atoms with E-state index in [9.17, 15) is 4.79 Å². The largest absolute Gasteiger partial charge is 0.377 e. The molecule has 2 fully saturated rings. The molecule has 1 heterocycles.